The maximum Gasteiger partial charge on any atom is 0.180 e. The number of aromatic nitrogens is 2. The Morgan fingerprint density at radius 1 is 1.00 bits per heavy atom. The zero-order valence-corrected chi connectivity index (χ0v) is 19.6. The predicted octanol–water partition coefficient (Wildman–Crippen LogP) is 6.25. The number of rotatable bonds is 5. The van der Waals surface area contributed by atoms with E-state index in [9.17, 15) is 9.90 Å². The summed E-state index contributed by atoms with van der Waals surface area (Å²) in [5.74, 6) is 1.42. The summed E-state index contributed by atoms with van der Waals surface area (Å²) in [6.45, 7) is 5.57. The Morgan fingerprint density at radius 3 is 2.31 bits per heavy atom. The molecule has 0 amide bonds. The van der Waals surface area contributed by atoms with Gasteiger partial charge in [-0.3, -0.25) is 9.69 Å². The van der Waals surface area contributed by atoms with Crippen molar-refractivity contribution < 1.29 is 9.90 Å². The molecule has 1 atom stereocenters. The van der Waals surface area contributed by atoms with Crippen LogP contribution >= 0.6 is 0 Å². The lowest BCUT2D eigenvalue weighted by atomic mass is 9.87. The first-order valence-corrected chi connectivity index (χ1v) is 12.5. The third kappa shape index (κ3) is 5.20. The lowest BCUT2D eigenvalue weighted by molar-refractivity contribution is 0.0843. The third-order valence-electron chi connectivity index (χ3n) is 7.19. The summed E-state index contributed by atoms with van der Waals surface area (Å²) in [7, 11) is 0. The Labute approximate surface area is 192 Å². The van der Waals surface area contributed by atoms with Crippen LogP contribution in [0.1, 0.15) is 106 Å². The topological polar surface area (TPSA) is 66.3 Å². The van der Waals surface area contributed by atoms with E-state index in [1.54, 1.807) is 12.1 Å². The highest BCUT2D eigenvalue weighted by atomic mass is 16.3. The summed E-state index contributed by atoms with van der Waals surface area (Å²) in [6, 6.07) is 7.45. The zero-order chi connectivity index (χ0) is 22.5. The van der Waals surface area contributed by atoms with Crippen LogP contribution in [-0.2, 0) is 6.54 Å². The Balaban J connectivity index is 1.77. The summed E-state index contributed by atoms with van der Waals surface area (Å²) in [4.78, 5) is 25.7. The van der Waals surface area contributed by atoms with Gasteiger partial charge < -0.3 is 5.11 Å². The quantitative estimate of drug-likeness (QED) is 0.601. The fourth-order valence-electron chi connectivity index (χ4n) is 5.31. The molecule has 0 radical (unpaired) electrons. The van der Waals surface area contributed by atoms with Crippen LogP contribution in [0.25, 0.3) is 11.4 Å². The molecular weight excluding hydrogens is 398 g/mol. The number of carbonyl (C=O) groups is 1. The van der Waals surface area contributed by atoms with Gasteiger partial charge in [-0.25, -0.2) is 9.97 Å². The fraction of sp³-hybridized carbons (Fsp3) is 0.593. The number of phenols is 1. The van der Waals surface area contributed by atoms with Crippen LogP contribution in [0.4, 0.5) is 0 Å². The van der Waals surface area contributed by atoms with Gasteiger partial charge in [0.15, 0.2) is 11.6 Å². The van der Waals surface area contributed by atoms with E-state index < -0.39 is 0 Å². The van der Waals surface area contributed by atoms with Gasteiger partial charge in [0.2, 0.25) is 0 Å². The maximum atomic E-state index is 13.4. The molecule has 2 aromatic rings. The Kier molecular flexibility index (Phi) is 7.56. The van der Waals surface area contributed by atoms with Gasteiger partial charge >= 0.3 is 0 Å². The van der Waals surface area contributed by atoms with E-state index in [4.69, 9.17) is 9.97 Å². The SMILES string of the molecule is CCCC(C)N1CC(=O)c2c(nc(-c3ccc(O)cc3)nc2C2CCCCCCCC2)C1. The monoisotopic (exact) mass is 435 g/mol. The molecule has 2 aliphatic rings. The molecule has 0 bridgehead atoms. The van der Waals surface area contributed by atoms with Crippen molar-refractivity contribution in [1.82, 2.24) is 14.9 Å². The molecule has 4 rings (SSSR count). The van der Waals surface area contributed by atoms with Gasteiger partial charge in [0.05, 0.1) is 23.5 Å². The molecule has 1 aromatic carbocycles. The second-order valence-electron chi connectivity index (χ2n) is 9.66. The van der Waals surface area contributed by atoms with E-state index in [-0.39, 0.29) is 11.5 Å². The molecule has 0 spiro atoms. The van der Waals surface area contributed by atoms with Crippen molar-refractivity contribution in [2.45, 2.75) is 96.6 Å². The lowest BCUT2D eigenvalue weighted by Crippen LogP contribution is -2.42. The number of aromatic hydroxyl groups is 1. The second-order valence-corrected chi connectivity index (χ2v) is 9.66. The maximum absolute atomic E-state index is 13.4. The Hall–Kier alpha value is -2.27. The standard InChI is InChI=1S/C27H37N3O2/c1-3-10-19(2)30-17-23-25(24(32)18-30)26(20-11-8-6-4-5-7-9-12-20)29-27(28-23)21-13-15-22(31)16-14-21/h13-16,19-20,31H,3-12,17-18H2,1-2H3. The van der Waals surface area contributed by atoms with E-state index >= 15 is 0 Å². The number of nitrogens with zero attached hydrogens (tertiary/aromatic N) is 3. The molecule has 1 fully saturated rings. The molecule has 5 heteroatoms. The minimum absolute atomic E-state index is 0.182. The van der Waals surface area contributed by atoms with Crippen molar-refractivity contribution in [3.05, 3.63) is 41.2 Å². The number of carbonyl (C=O) groups excluding carboxylic acids is 1. The molecule has 172 valence electrons. The molecule has 1 unspecified atom stereocenters. The molecule has 5 nitrogen and oxygen atoms in total. The first kappa shape index (κ1) is 22.9. The second kappa shape index (κ2) is 10.6. The van der Waals surface area contributed by atoms with Crippen molar-refractivity contribution in [3.8, 4) is 17.1 Å². The summed E-state index contributed by atoms with van der Waals surface area (Å²) >= 11 is 0. The average molecular weight is 436 g/mol. The summed E-state index contributed by atoms with van der Waals surface area (Å²) in [5.41, 5.74) is 3.56. The van der Waals surface area contributed by atoms with Crippen LogP contribution in [0.3, 0.4) is 0 Å². The van der Waals surface area contributed by atoms with Crippen molar-refractivity contribution >= 4 is 5.78 Å². The summed E-state index contributed by atoms with van der Waals surface area (Å²) < 4.78 is 0. The van der Waals surface area contributed by atoms with Crippen LogP contribution in [0.2, 0.25) is 0 Å². The molecule has 1 saturated carbocycles. The van der Waals surface area contributed by atoms with Gasteiger partial charge in [0.25, 0.3) is 0 Å². The highest BCUT2D eigenvalue weighted by molar-refractivity contribution is 6.00. The number of phenolic OH excluding ortho intramolecular Hbond substituents is 1. The van der Waals surface area contributed by atoms with Gasteiger partial charge in [0, 0.05) is 24.1 Å². The number of hydrogen-bond acceptors (Lipinski definition) is 5. The van der Waals surface area contributed by atoms with Crippen molar-refractivity contribution in [2.24, 2.45) is 0 Å². The minimum atomic E-state index is 0.182. The molecule has 1 N–H and O–H groups in total. The van der Waals surface area contributed by atoms with Gasteiger partial charge in [-0.05, 0) is 50.5 Å². The van der Waals surface area contributed by atoms with E-state index in [1.165, 1.54) is 38.5 Å². The first-order valence-electron chi connectivity index (χ1n) is 12.5. The molecule has 1 aromatic heterocycles. The Morgan fingerprint density at radius 2 is 1.66 bits per heavy atom. The molecular formula is C27H37N3O2. The number of ketones is 1. The summed E-state index contributed by atoms with van der Waals surface area (Å²) in [6.07, 6.45) is 12.0. The number of Topliss-reactive ketones (excluding diaryl/α,β-unsaturated/α-hetero) is 1. The fourth-order valence-corrected chi connectivity index (χ4v) is 5.31. The molecule has 2 heterocycles. The molecule has 1 aliphatic heterocycles. The lowest BCUT2D eigenvalue weighted by Gasteiger charge is -2.34. The van der Waals surface area contributed by atoms with E-state index in [0.717, 1.165) is 48.2 Å². The average Bonchev–Trinajstić information content (AvgIpc) is 2.93. The zero-order valence-electron chi connectivity index (χ0n) is 19.6. The number of benzene rings is 1. The number of hydrogen-bond donors (Lipinski definition) is 1. The van der Waals surface area contributed by atoms with Gasteiger partial charge in [-0.1, -0.05) is 51.9 Å². The minimum Gasteiger partial charge on any atom is -0.508 e. The van der Waals surface area contributed by atoms with Gasteiger partial charge in [0.1, 0.15) is 5.75 Å². The highest BCUT2D eigenvalue weighted by Gasteiger charge is 2.33. The van der Waals surface area contributed by atoms with Crippen molar-refractivity contribution in [3.63, 3.8) is 0 Å². The molecule has 0 saturated heterocycles. The van der Waals surface area contributed by atoms with E-state index in [2.05, 4.69) is 18.7 Å². The van der Waals surface area contributed by atoms with Gasteiger partial charge in [-0.15, -0.1) is 0 Å². The highest BCUT2D eigenvalue weighted by Crippen LogP contribution is 2.36. The van der Waals surface area contributed by atoms with Crippen molar-refractivity contribution in [2.75, 3.05) is 6.54 Å². The van der Waals surface area contributed by atoms with Gasteiger partial charge in [-0.2, -0.15) is 0 Å². The first-order chi connectivity index (χ1) is 15.6. The largest absolute Gasteiger partial charge is 0.508 e. The van der Waals surface area contributed by atoms with Crippen LogP contribution in [0.5, 0.6) is 5.75 Å². The number of fused-ring (bicyclic) bond motifs is 1. The normalized spacial score (nSPS) is 19.6. The summed E-state index contributed by atoms with van der Waals surface area (Å²) in [5, 5.41) is 9.73. The van der Waals surface area contributed by atoms with Crippen molar-refractivity contribution in [1.29, 1.82) is 0 Å². The van der Waals surface area contributed by atoms with Crippen LogP contribution in [0.15, 0.2) is 24.3 Å². The van der Waals surface area contributed by atoms with E-state index in [0.29, 0.717) is 30.9 Å². The molecule has 32 heavy (non-hydrogen) atoms. The predicted molar refractivity (Wildman–Crippen MR) is 128 cm³/mol. The molecule has 1 aliphatic carbocycles. The smallest absolute Gasteiger partial charge is 0.180 e. The van der Waals surface area contributed by atoms with E-state index in [1.807, 2.05) is 12.1 Å². The third-order valence-corrected chi connectivity index (χ3v) is 7.19. The Bertz CT molecular complexity index is 915. The van der Waals surface area contributed by atoms with Crippen LogP contribution in [0, 0.1) is 0 Å². The van der Waals surface area contributed by atoms with Crippen LogP contribution < -0.4 is 0 Å². The van der Waals surface area contributed by atoms with Crippen LogP contribution in [-0.4, -0.2) is 38.3 Å².